The second-order valence-electron chi connectivity index (χ2n) is 15.6. The molecule has 2 aliphatic heterocycles. The van der Waals surface area contributed by atoms with Gasteiger partial charge in [0.1, 0.15) is 24.1 Å². The van der Waals surface area contributed by atoms with Crippen molar-refractivity contribution < 1.29 is 29.0 Å². The summed E-state index contributed by atoms with van der Waals surface area (Å²) in [6.45, 7) is 2.71. The minimum Gasteiger partial charge on any atom is -0.489 e. The smallest absolute Gasteiger partial charge is 0.326 e. The standard InChI is InChI=1S/C50H42Cl2N4O6/c1-30(34-6-4-3-5-7-34)56-28-39-26-46-44(55(2)49(58)47(62-46)37-17-19-40(20-18-37)61-29-33-12-21-41(51)42(52)22-33)24-38(39)25-45(56)48(57)54-43(50(59)60)23-31-8-13-35(14-9-31)36-15-10-32(27-53)11-16-36/h3-22,24,26,30,43,45,47H,23,25,28-29H2,1-2H3,(H,54,57)(H,59,60). The predicted molar refractivity (Wildman–Crippen MR) is 238 cm³/mol. The van der Waals surface area contributed by atoms with E-state index in [-0.39, 0.29) is 31.4 Å². The fourth-order valence-electron chi connectivity index (χ4n) is 8.04. The van der Waals surface area contributed by atoms with Crippen molar-refractivity contribution in [3.63, 3.8) is 0 Å². The fraction of sp³-hybridized carbons (Fsp3) is 0.200. The number of aliphatic carboxylic acids is 1. The number of nitrogens with zero attached hydrogens (tertiary/aromatic N) is 3. The molecule has 8 rings (SSSR count). The van der Waals surface area contributed by atoms with Crippen LogP contribution >= 0.6 is 23.2 Å². The molecule has 312 valence electrons. The first kappa shape index (κ1) is 42.1. The third kappa shape index (κ3) is 9.02. The number of carbonyl (C=O) groups is 3. The van der Waals surface area contributed by atoms with Gasteiger partial charge in [-0.1, -0.05) is 108 Å². The Morgan fingerprint density at radius 2 is 1.55 bits per heavy atom. The summed E-state index contributed by atoms with van der Waals surface area (Å²) in [5, 5.41) is 23.3. The molecule has 0 saturated carbocycles. The SMILES string of the molecule is CC(c1ccccc1)N1Cc2cc3c(cc2CC1C(=O)NC(Cc1ccc(-c2ccc(C#N)cc2)cc1)C(=O)O)N(C)C(=O)C(c1ccc(OCc2ccc(Cl)c(Cl)c2)cc1)O3. The Bertz CT molecular complexity index is 2670. The molecule has 0 aromatic heterocycles. The van der Waals surface area contributed by atoms with Crippen LogP contribution in [-0.4, -0.2) is 46.9 Å². The number of nitrogens with one attached hydrogen (secondary N) is 1. The topological polar surface area (TPSA) is 132 Å². The van der Waals surface area contributed by atoms with Crippen molar-refractivity contribution in [2.75, 3.05) is 11.9 Å². The van der Waals surface area contributed by atoms with E-state index in [4.69, 9.17) is 37.9 Å². The second kappa shape index (κ2) is 18.1. The van der Waals surface area contributed by atoms with Crippen LogP contribution in [0, 0.1) is 11.3 Å². The molecular formula is C50H42Cl2N4O6. The van der Waals surface area contributed by atoms with Crippen molar-refractivity contribution in [2.24, 2.45) is 0 Å². The van der Waals surface area contributed by atoms with E-state index in [0.29, 0.717) is 44.9 Å². The van der Waals surface area contributed by atoms with Gasteiger partial charge in [-0.15, -0.1) is 0 Å². The molecule has 0 radical (unpaired) electrons. The predicted octanol–water partition coefficient (Wildman–Crippen LogP) is 9.51. The third-order valence-electron chi connectivity index (χ3n) is 11.6. The number of carboxylic acids is 1. The highest BCUT2D eigenvalue weighted by Gasteiger charge is 2.40. The Kier molecular flexibility index (Phi) is 12.3. The van der Waals surface area contributed by atoms with E-state index in [1.54, 1.807) is 48.3 Å². The molecule has 4 atom stereocenters. The van der Waals surface area contributed by atoms with E-state index in [0.717, 1.165) is 38.9 Å². The summed E-state index contributed by atoms with van der Waals surface area (Å²) in [5.74, 6) is -0.632. The highest BCUT2D eigenvalue weighted by atomic mass is 35.5. The molecule has 12 heteroatoms. The number of likely N-dealkylation sites (N-methyl/N-ethyl adjacent to an activating group) is 1. The maximum atomic E-state index is 14.4. The lowest BCUT2D eigenvalue weighted by Gasteiger charge is -2.41. The van der Waals surface area contributed by atoms with E-state index in [1.165, 1.54) is 0 Å². The number of carboxylic acid groups (broad SMARTS) is 1. The number of fused-ring (bicyclic) bond motifs is 2. The Hall–Kier alpha value is -6.64. The van der Waals surface area contributed by atoms with Gasteiger partial charge in [0.05, 0.1) is 33.4 Å². The number of halogens is 2. The van der Waals surface area contributed by atoms with Crippen LogP contribution < -0.4 is 19.7 Å². The lowest BCUT2D eigenvalue weighted by atomic mass is 9.89. The molecule has 62 heavy (non-hydrogen) atoms. The molecule has 2 aliphatic rings. The molecule has 4 unspecified atom stereocenters. The Balaban J connectivity index is 1.01. The first-order valence-electron chi connectivity index (χ1n) is 20.2. The van der Waals surface area contributed by atoms with Gasteiger partial charge in [-0.2, -0.15) is 5.26 Å². The molecule has 2 N–H and O–H groups in total. The maximum Gasteiger partial charge on any atom is 0.326 e. The Morgan fingerprint density at radius 3 is 2.21 bits per heavy atom. The summed E-state index contributed by atoms with van der Waals surface area (Å²) < 4.78 is 12.4. The molecule has 0 spiro atoms. The van der Waals surface area contributed by atoms with Crippen LogP contribution in [-0.2, 0) is 40.4 Å². The van der Waals surface area contributed by atoms with Crippen molar-refractivity contribution in [1.82, 2.24) is 10.2 Å². The van der Waals surface area contributed by atoms with Gasteiger partial charge < -0.3 is 24.8 Å². The number of amides is 2. The maximum absolute atomic E-state index is 14.4. The van der Waals surface area contributed by atoms with Crippen LogP contribution in [0.1, 0.15) is 58.0 Å². The molecule has 0 bridgehead atoms. The normalized spacial score (nSPS) is 16.8. The molecule has 2 heterocycles. The van der Waals surface area contributed by atoms with E-state index >= 15 is 0 Å². The van der Waals surface area contributed by atoms with Crippen LogP contribution in [0.3, 0.4) is 0 Å². The second-order valence-corrected chi connectivity index (χ2v) is 16.4. The zero-order valence-corrected chi connectivity index (χ0v) is 35.4. The van der Waals surface area contributed by atoms with E-state index in [1.807, 2.05) is 104 Å². The van der Waals surface area contributed by atoms with Gasteiger partial charge in [0.15, 0.2) is 0 Å². The number of hydrogen-bond acceptors (Lipinski definition) is 7. The van der Waals surface area contributed by atoms with Gasteiger partial charge >= 0.3 is 5.97 Å². The van der Waals surface area contributed by atoms with Crippen LogP contribution in [0.15, 0.2) is 133 Å². The number of anilines is 1. The average Bonchev–Trinajstić information content (AvgIpc) is 3.30. The van der Waals surface area contributed by atoms with Crippen molar-refractivity contribution in [3.8, 4) is 28.7 Å². The molecule has 0 fully saturated rings. The Morgan fingerprint density at radius 1 is 0.871 bits per heavy atom. The van der Waals surface area contributed by atoms with Crippen LogP contribution in [0.2, 0.25) is 10.0 Å². The third-order valence-corrected chi connectivity index (χ3v) is 12.4. The minimum absolute atomic E-state index is 0.0830. The highest BCUT2D eigenvalue weighted by Crippen LogP contribution is 2.43. The van der Waals surface area contributed by atoms with Crippen molar-refractivity contribution in [2.45, 2.75) is 57.1 Å². The quantitative estimate of drug-likeness (QED) is 0.124. The summed E-state index contributed by atoms with van der Waals surface area (Å²) in [5.41, 5.74) is 8.11. The number of hydrogen-bond donors (Lipinski definition) is 2. The zero-order valence-electron chi connectivity index (χ0n) is 33.9. The molecule has 0 saturated heterocycles. The van der Waals surface area contributed by atoms with E-state index in [2.05, 4.69) is 16.3 Å². The summed E-state index contributed by atoms with van der Waals surface area (Å²) >= 11 is 12.2. The summed E-state index contributed by atoms with van der Waals surface area (Å²) in [6.07, 6.45) is -0.525. The van der Waals surface area contributed by atoms with Gasteiger partial charge in [0.2, 0.25) is 12.0 Å². The summed E-state index contributed by atoms with van der Waals surface area (Å²) in [6, 6.07) is 41.1. The lowest BCUT2D eigenvalue weighted by molar-refractivity contribution is -0.143. The van der Waals surface area contributed by atoms with Crippen LogP contribution in [0.5, 0.6) is 11.5 Å². The number of carbonyl (C=O) groups excluding carboxylic acids is 2. The van der Waals surface area contributed by atoms with Crippen molar-refractivity contribution in [1.29, 1.82) is 5.26 Å². The van der Waals surface area contributed by atoms with E-state index < -0.39 is 30.1 Å². The number of nitriles is 1. The van der Waals surface area contributed by atoms with Gasteiger partial charge in [0, 0.05) is 31.6 Å². The summed E-state index contributed by atoms with van der Waals surface area (Å²) in [4.78, 5) is 44.5. The van der Waals surface area contributed by atoms with E-state index in [9.17, 15) is 19.5 Å². The molecular weight excluding hydrogens is 823 g/mol. The van der Waals surface area contributed by atoms with Crippen LogP contribution in [0.25, 0.3) is 11.1 Å². The Labute approximate surface area is 369 Å². The largest absolute Gasteiger partial charge is 0.489 e. The number of benzene rings is 6. The lowest BCUT2D eigenvalue weighted by Crippen LogP contribution is -2.55. The van der Waals surface area contributed by atoms with Crippen molar-refractivity contribution >= 4 is 46.7 Å². The molecule has 0 aliphatic carbocycles. The number of rotatable bonds is 12. The first-order chi connectivity index (χ1) is 29.9. The zero-order chi connectivity index (χ0) is 43.5. The monoisotopic (exact) mass is 864 g/mol. The highest BCUT2D eigenvalue weighted by molar-refractivity contribution is 6.42. The molecule has 6 aromatic carbocycles. The average molecular weight is 866 g/mol. The molecule has 10 nitrogen and oxygen atoms in total. The molecule has 6 aromatic rings. The number of ether oxygens (including phenoxy) is 2. The van der Waals surface area contributed by atoms with Gasteiger partial charge in [0.25, 0.3) is 5.91 Å². The first-order valence-corrected chi connectivity index (χ1v) is 20.9. The minimum atomic E-state index is -1.18. The van der Waals surface area contributed by atoms with Crippen LogP contribution in [0.4, 0.5) is 5.69 Å². The van der Waals surface area contributed by atoms with Gasteiger partial charge in [-0.05, 0) is 101 Å². The van der Waals surface area contributed by atoms with Crippen molar-refractivity contribution in [3.05, 3.63) is 182 Å². The van der Waals surface area contributed by atoms with Gasteiger partial charge in [-0.25, -0.2) is 4.79 Å². The summed E-state index contributed by atoms with van der Waals surface area (Å²) in [7, 11) is 1.71. The van der Waals surface area contributed by atoms with Gasteiger partial charge in [-0.3, -0.25) is 14.5 Å². The fourth-order valence-corrected chi connectivity index (χ4v) is 8.37. The molecule has 2 amide bonds.